The van der Waals surface area contributed by atoms with Crippen LogP contribution < -0.4 is 16.7 Å². The van der Waals surface area contributed by atoms with Crippen molar-refractivity contribution in [3.05, 3.63) is 22.7 Å². The van der Waals surface area contributed by atoms with Crippen molar-refractivity contribution in [3.8, 4) is 0 Å². The highest BCUT2D eigenvalue weighted by molar-refractivity contribution is 7.52. The van der Waals surface area contributed by atoms with Gasteiger partial charge in [-0.1, -0.05) is 0 Å². The Balaban J connectivity index is 1.71. The number of aliphatic hydroxyl groups is 6. The molecule has 2 aliphatic heterocycles. The zero-order chi connectivity index (χ0) is 31.6. The molecule has 20 heteroatoms. The number of rotatable bonds is 12. The van der Waals surface area contributed by atoms with E-state index in [0.29, 0.717) is 0 Å². The Kier molecular flexibility index (Phi) is 10.8. The number of nitrogens with two attached hydrogens (primary N) is 1. The molecular weight excluding hydrogens is 591 g/mol. The second kappa shape index (κ2) is 13.4. The van der Waals surface area contributed by atoms with Gasteiger partial charge in [-0.2, -0.15) is 4.98 Å². The molecule has 11 N–H and O–H groups in total. The fourth-order valence-electron chi connectivity index (χ4n) is 4.79. The lowest BCUT2D eigenvalue weighted by molar-refractivity contribution is -0.230. The van der Waals surface area contributed by atoms with Crippen LogP contribution in [0.4, 0.5) is 5.82 Å². The van der Waals surface area contributed by atoms with E-state index in [1.165, 1.54) is 6.07 Å². The number of anilines is 1. The number of nitrogen functional groups attached to an aromatic ring is 1. The van der Waals surface area contributed by atoms with Gasteiger partial charge in [0.05, 0.1) is 31.5 Å². The molecule has 1 amide bonds. The minimum Gasteiger partial charge on any atom is -0.479 e. The Bertz CT molecular complexity index is 1230. The summed E-state index contributed by atoms with van der Waals surface area (Å²) in [7, 11) is -4.69. The van der Waals surface area contributed by atoms with Crippen molar-refractivity contribution < 1.29 is 68.8 Å². The van der Waals surface area contributed by atoms with Gasteiger partial charge >= 0.3 is 19.3 Å². The molecule has 0 aliphatic carbocycles. The lowest BCUT2D eigenvalue weighted by Crippen LogP contribution is -2.67. The number of carboxylic acid groups (broad SMARTS) is 1. The van der Waals surface area contributed by atoms with Crippen LogP contribution in [-0.2, 0) is 28.2 Å². The van der Waals surface area contributed by atoms with E-state index in [1.54, 1.807) is 0 Å². The van der Waals surface area contributed by atoms with E-state index >= 15 is 0 Å². The van der Waals surface area contributed by atoms with Crippen molar-refractivity contribution in [3.63, 3.8) is 0 Å². The number of carbonyl (C=O) groups excluding carboxylic acids is 1. The van der Waals surface area contributed by atoms with Gasteiger partial charge in [0.1, 0.15) is 42.4 Å². The van der Waals surface area contributed by atoms with Crippen LogP contribution in [-0.4, -0.2) is 136 Å². The molecule has 0 aromatic carbocycles. The van der Waals surface area contributed by atoms with Crippen LogP contribution in [0.5, 0.6) is 0 Å². The topological polar surface area (TPSA) is 314 Å². The van der Waals surface area contributed by atoms with E-state index in [2.05, 4.69) is 10.3 Å². The summed E-state index contributed by atoms with van der Waals surface area (Å²) < 4.78 is 29.7. The number of amides is 1. The average Bonchev–Trinajstić information content (AvgIpc) is 3.19. The number of aromatic nitrogens is 2. The summed E-state index contributed by atoms with van der Waals surface area (Å²) in [5.74, 6) is -2.49. The Hall–Kier alpha value is -2.55. The fraction of sp³-hybridized carbons (Fsp3) is 0.727. The van der Waals surface area contributed by atoms with Gasteiger partial charge in [-0.15, -0.1) is 0 Å². The van der Waals surface area contributed by atoms with Crippen molar-refractivity contribution in [1.29, 1.82) is 0 Å². The second-order valence-corrected chi connectivity index (χ2v) is 12.1. The predicted molar refractivity (Wildman–Crippen MR) is 137 cm³/mol. The second-order valence-electron chi connectivity index (χ2n) is 10.1. The summed E-state index contributed by atoms with van der Waals surface area (Å²) in [6.07, 6.45) is -14.7. The summed E-state index contributed by atoms with van der Waals surface area (Å²) in [5, 5.41) is 73.2. The summed E-state index contributed by atoms with van der Waals surface area (Å²) in [5.41, 5.74) is 2.12. The largest absolute Gasteiger partial charge is 0.479 e. The maximum Gasteiger partial charge on any atom is 0.351 e. The lowest BCUT2D eigenvalue weighted by atomic mass is 9.82. The molecule has 3 rings (SSSR count). The zero-order valence-corrected chi connectivity index (χ0v) is 23.1. The first kappa shape index (κ1) is 33.9. The van der Waals surface area contributed by atoms with Crippen LogP contribution in [0.1, 0.15) is 26.0 Å². The highest BCUT2D eigenvalue weighted by Crippen LogP contribution is 2.47. The number of carbonyl (C=O) groups is 2. The Labute approximate surface area is 237 Å². The van der Waals surface area contributed by atoms with Crippen LogP contribution in [0.25, 0.3) is 0 Å². The van der Waals surface area contributed by atoms with Gasteiger partial charge in [0, 0.05) is 19.5 Å². The third kappa shape index (κ3) is 7.50. The third-order valence-electron chi connectivity index (χ3n) is 7.05. The van der Waals surface area contributed by atoms with Gasteiger partial charge < -0.3 is 65.7 Å². The van der Waals surface area contributed by atoms with E-state index in [1.807, 2.05) is 0 Å². The molecular formula is C22H35N4O15P. The predicted octanol–water partition coefficient (Wildman–Crippen LogP) is -4.77. The molecule has 11 atom stereocenters. The van der Waals surface area contributed by atoms with Crippen LogP contribution in [0.3, 0.4) is 0 Å². The molecule has 2 fully saturated rings. The number of nitrogens with zero attached hydrogens (tertiary/aromatic N) is 2. The number of hydrogen-bond donors (Lipinski definition) is 10. The van der Waals surface area contributed by atoms with Crippen LogP contribution in [0, 0.1) is 0 Å². The van der Waals surface area contributed by atoms with Gasteiger partial charge in [0.25, 0.3) is 0 Å². The number of aliphatic carboxylic acids is 1. The van der Waals surface area contributed by atoms with Gasteiger partial charge in [-0.05, 0) is 12.5 Å². The smallest absolute Gasteiger partial charge is 0.351 e. The molecule has 1 unspecified atom stereocenters. The van der Waals surface area contributed by atoms with E-state index in [4.69, 9.17) is 19.7 Å². The molecule has 3 heterocycles. The van der Waals surface area contributed by atoms with Crippen LogP contribution in [0.2, 0.25) is 0 Å². The van der Waals surface area contributed by atoms with Crippen molar-refractivity contribution in [2.45, 2.75) is 80.4 Å². The zero-order valence-electron chi connectivity index (χ0n) is 22.2. The molecule has 238 valence electrons. The Morgan fingerprint density at radius 1 is 1.31 bits per heavy atom. The molecule has 0 radical (unpaired) electrons. The molecule has 0 spiro atoms. The Morgan fingerprint density at radius 3 is 2.55 bits per heavy atom. The summed E-state index contributed by atoms with van der Waals surface area (Å²) >= 11 is 0. The highest BCUT2D eigenvalue weighted by Gasteiger charge is 2.55. The molecule has 2 saturated heterocycles. The van der Waals surface area contributed by atoms with Crippen molar-refractivity contribution >= 4 is 25.3 Å². The van der Waals surface area contributed by atoms with E-state index in [-0.39, 0.29) is 5.82 Å². The highest BCUT2D eigenvalue weighted by atomic mass is 31.2. The summed E-state index contributed by atoms with van der Waals surface area (Å²) in [6, 6.07) is -0.169. The first-order valence-electron chi connectivity index (χ1n) is 12.7. The maximum absolute atomic E-state index is 12.8. The lowest BCUT2D eigenvalue weighted by Gasteiger charge is -2.47. The first-order chi connectivity index (χ1) is 19.5. The van der Waals surface area contributed by atoms with E-state index < -0.39 is 118 Å². The van der Waals surface area contributed by atoms with Crippen molar-refractivity contribution in [1.82, 2.24) is 14.9 Å². The number of hydrogen-bond acceptors (Lipinski definition) is 15. The average molecular weight is 627 g/mol. The molecule has 0 bridgehead atoms. The minimum absolute atomic E-state index is 0.102. The standard InChI is InChI=1S/C22H35N4O15P/c1-9(28)24-14-10(29)6-22(20(34)35,41-18(14)15(31)11(30)7-27)3-5-42(37,38)39-8-12-16(32)17(33)19(40-12)26-4-2-13(23)25-21(26)36/h2,4,10-12,14-19,27,29-33H,3,5-8H2,1H3,(H,24,28)(H,34,35)(H,37,38)(H2,23,25,36)/t10-,11+,12+,14+,15+,16+,17+,18+,19+,22-/m0/s1. The van der Waals surface area contributed by atoms with Gasteiger partial charge in [0.2, 0.25) is 5.91 Å². The Morgan fingerprint density at radius 2 is 1.98 bits per heavy atom. The van der Waals surface area contributed by atoms with Crippen molar-refractivity contribution in [2.24, 2.45) is 0 Å². The third-order valence-corrected chi connectivity index (χ3v) is 8.39. The minimum atomic E-state index is -4.69. The normalized spacial score (nSPS) is 34.3. The number of aliphatic hydroxyl groups excluding tert-OH is 6. The van der Waals surface area contributed by atoms with E-state index in [0.717, 1.165) is 17.7 Å². The number of nitrogens with one attached hydrogen (secondary N) is 1. The first-order valence-corrected chi connectivity index (χ1v) is 14.4. The molecule has 2 aliphatic rings. The molecule has 1 aromatic heterocycles. The van der Waals surface area contributed by atoms with E-state index in [9.17, 15) is 59.6 Å². The fourth-order valence-corrected chi connectivity index (χ4v) is 5.94. The quantitative estimate of drug-likeness (QED) is 0.0973. The molecule has 19 nitrogen and oxygen atoms in total. The summed E-state index contributed by atoms with van der Waals surface area (Å²) in [4.78, 5) is 49.9. The van der Waals surface area contributed by atoms with Gasteiger partial charge in [-0.3, -0.25) is 13.9 Å². The monoisotopic (exact) mass is 626 g/mol. The van der Waals surface area contributed by atoms with Gasteiger partial charge in [0.15, 0.2) is 11.8 Å². The molecule has 1 aromatic rings. The molecule has 0 saturated carbocycles. The van der Waals surface area contributed by atoms with Gasteiger partial charge in [-0.25, -0.2) is 9.59 Å². The molecule has 42 heavy (non-hydrogen) atoms. The van der Waals surface area contributed by atoms with Crippen molar-refractivity contribution in [2.75, 3.05) is 25.1 Å². The van der Waals surface area contributed by atoms with Crippen LogP contribution in [0.15, 0.2) is 17.1 Å². The SMILES string of the molecule is CC(=O)N[C@H]1[C@H]([C@H](O)[C@H](O)CO)O[C@](CCP(=O)(O)OC[C@H]2O[C@@H](n3ccc(N)nc3=O)[C@H](O)[C@@H]2O)(C(=O)O)C[C@@H]1O. The van der Waals surface area contributed by atoms with Crippen LogP contribution >= 0.6 is 7.60 Å². The summed E-state index contributed by atoms with van der Waals surface area (Å²) in [6.45, 7) is -0.677. The maximum atomic E-state index is 12.8. The number of carboxylic acids is 1. The number of ether oxygens (including phenoxy) is 2.